The molecule has 0 heterocycles. The molecule has 0 aliphatic rings. The van der Waals surface area contributed by atoms with E-state index < -0.39 is 0 Å². The molecular formula is C21H20N2O2. The van der Waals surface area contributed by atoms with Gasteiger partial charge in [0.15, 0.2) is 0 Å². The SMILES string of the molecule is Nc1cccc(NC(=O)CCc2cccc(Oc3ccccc3)c2)c1. The molecule has 1 amide bonds. The van der Waals surface area contributed by atoms with Gasteiger partial charge in [-0.15, -0.1) is 0 Å². The lowest BCUT2D eigenvalue weighted by atomic mass is 10.1. The van der Waals surface area contributed by atoms with Gasteiger partial charge in [0.25, 0.3) is 0 Å². The maximum atomic E-state index is 12.1. The Hall–Kier alpha value is -3.27. The van der Waals surface area contributed by atoms with Crippen LogP contribution in [0.1, 0.15) is 12.0 Å². The average Bonchev–Trinajstić information content (AvgIpc) is 2.61. The number of nitrogens with one attached hydrogen (secondary N) is 1. The van der Waals surface area contributed by atoms with E-state index in [2.05, 4.69) is 5.32 Å². The number of para-hydroxylation sites is 1. The number of rotatable bonds is 6. The zero-order valence-corrected chi connectivity index (χ0v) is 13.8. The molecule has 0 saturated carbocycles. The van der Waals surface area contributed by atoms with E-state index in [1.807, 2.05) is 66.7 Å². The smallest absolute Gasteiger partial charge is 0.224 e. The van der Waals surface area contributed by atoms with Crippen LogP contribution in [0, 0.1) is 0 Å². The van der Waals surface area contributed by atoms with Crippen molar-refractivity contribution in [3.05, 3.63) is 84.4 Å². The molecule has 0 aromatic heterocycles. The summed E-state index contributed by atoms with van der Waals surface area (Å²) in [6.45, 7) is 0. The zero-order chi connectivity index (χ0) is 17.5. The van der Waals surface area contributed by atoms with Crippen LogP contribution >= 0.6 is 0 Å². The molecule has 25 heavy (non-hydrogen) atoms. The summed E-state index contributed by atoms with van der Waals surface area (Å²) in [6.07, 6.45) is 1.03. The molecule has 126 valence electrons. The van der Waals surface area contributed by atoms with E-state index in [9.17, 15) is 4.79 Å². The Balaban J connectivity index is 1.56. The summed E-state index contributed by atoms with van der Waals surface area (Å²) >= 11 is 0. The largest absolute Gasteiger partial charge is 0.457 e. The van der Waals surface area contributed by atoms with E-state index >= 15 is 0 Å². The van der Waals surface area contributed by atoms with Gasteiger partial charge in [-0.25, -0.2) is 0 Å². The van der Waals surface area contributed by atoms with Crippen molar-refractivity contribution < 1.29 is 9.53 Å². The normalized spacial score (nSPS) is 10.2. The van der Waals surface area contributed by atoms with Crippen molar-refractivity contribution in [3.63, 3.8) is 0 Å². The zero-order valence-electron chi connectivity index (χ0n) is 13.8. The fourth-order valence-electron chi connectivity index (χ4n) is 2.49. The topological polar surface area (TPSA) is 64.3 Å². The first-order valence-electron chi connectivity index (χ1n) is 8.16. The maximum Gasteiger partial charge on any atom is 0.224 e. The number of ether oxygens (including phenoxy) is 1. The molecule has 0 saturated heterocycles. The van der Waals surface area contributed by atoms with Crippen LogP contribution in [0.5, 0.6) is 11.5 Å². The van der Waals surface area contributed by atoms with Gasteiger partial charge >= 0.3 is 0 Å². The van der Waals surface area contributed by atoms with Gasteiger partial charge in [-0.2, -0.15) is 0 Å². The predicted molar refractivity (Wildman–Crippen MR) is 101 cm³/mol. The molecule has 4 nitrogen and oxygen atoms in total. The molecular weight excluding hydrogens is 312 g/mol. The molecule has 0 atom stereocenters. The lowest BCUT2D eigenvalue weighted by Crippen LogP contribution is -2.12. The Morgan fingerprint density at radius 2 is 1.64 bits per heavy atom. The highest BCUT2D eigenvalue weighted by atomic mass is 16.5. The van der Waals surface area contributed by atoms with Crippen molar-refractivity contribution in [2.75, 3.05) is 11.1 Å². The van der Waals surface area contributed by atoms with Crippen molar-refractivity contribution in [2.45, 2.75) is 12.8 Å². The summed E-state index contributed by atoms with van der Waals surface area (Å²) in [5.41, 5.74) is 8.11. The fourth-order valence-corrected chi connectivity index (χ4v) is 2.49. The van der Waals surface area contributed by atoms with Gasteiger partial charge < -0.3 is 15.8 Å². The molecule has 0 spiro atoms. The van der Waals surface area contributed by atoms with E-state index in [1.165, 1.54) is 0 Å². The Morgan fingerprint density at radius 1 is 0.880 bits per heavy atom. The van der Waals surface area contributed by atoms with Gasteiger partial charge in [-0.1, -0.05) is 36.4 Å². The van der Waals surface area contributed by atoms with Crippen LogP contribution in [0.3, 0.4) is 0 Å². The number of carbonyl (C=O) groups excluding carboxylic acids is 1. The predicted octanol–water partition coefficient (Wildman–Crippen LogP) is 4.63. The van der Waals surface area contributed by atoms with Crippen molar-refractivity contribution in [2.24, 2.45) is 0 Å². The lowest BCUT2D eigenvalue weighted by Gasteiger charge is -2.08. The van der Waals surface area contributed by atoms with Gasteiger partial charge in [-0.3, -0.25) is 4.79 Å². The highest BCUT2D eigenvalue weighted by Gasteiger charge is 2.05. The van der Waals surface area contributed by atoms with Gasteiger partial charge in [0.2, 0.25) is 5.91 Å². The molecule has 0 aliphatic heterocycles. The second-order valence-corrected chi connectivity index (χ2v) is 5.74. The summed E-state index contributed by atoms with van der Waals surface area (Å²) < 4.78 is 5.82. The van der Waals surface area contributed by atoms with Crippen molar-refractivity contribution in [1.82, 2.24) is 0 Å². The monoisotopic (exact) mass is 332 g/mol. The standard InChI is InChI=1S/C21H20N2O2/c22-17-7-5-8-18(15-17)23-21(24)13-12-16-6-4-11-20(14-16)25-19-9-2-1-3-10-19/h1-11,14-15H,12-13,22H2,(H,23,24). The maximum absolute atomic E-state index is 12.1. The fraction of sp³-hybridized carbons (Fsp3) is 0.0952. The van der Waals surface area contributed by atoms with Crippen molar-refractivity contribution >= 4 is 17.3 Å². The number of nitrogen functional groups attached to an aromatic ring is 1. The minimum Gasteiger partial charge on any atom is -0.457 e. The number of anilines is 2. The number of aryl methyl sites for hydroxylation is 1. The summed E-state index contributed by atoms with van der Waals surface area (Å²) in [4.78, 5) is 12.1. The first kappa shape index (κ1) is 16.6. The Bertz CT molecular complexity index is 847. The van der Waals surface area contributed by atoms with E-state index in [0.717, 1.165) is 17.1 Å². The molecule has 0 radical (unpaired) electrons. The van der Waals surface area contributed by atoms with Crippen LogP contribution in [-0.4, -0.2) is 5.91 Å². The number of carbonyl (C=O) groups is 1. The van der Waals surface area contributed by atoms with Gasteiger partial charge in [0.1, 0.15) is 11.5 Å². The molecule has 3 N–H and O–H groups in total. The Kier molecular flexibility index (Phi) is 5.32. The average molecular weight is 332 g/mol. The summed E-state index contributed by atoms with van der Waals surface area (Å²) in [6, 6.07) is 24.6. The van der Waals surface area contributed by atoms with Crippen LogP contribution < -0.4 is 15.8 Å². The van der Waals surface area contributed by atoms with Gasteiger partial charge in [-0.05, 0) is 54.4 Å². The highest BCUT2D eigenvalue weighted by Crippen LogP contribution is 2.22. The first-order chi connectivity index (χ1) is 12.2. The number of hydrogen-bond donors (Lipinski definition) is 2. The molecule has 3 rings (SSSR count). The van der Waals surface area contributed by atoms with Crippen LogP contribution in [0.15, 0.2) is 78.9 Å². The van der Waals surface area contributed by atoms with Crippen LogP contribution in [-0.2, 0) is 11.2 Å². The number of nitrogens with two attached hydrogens (primary N) is 1. The molecule has 0 fully saturated rings. The molecule has 0 unspecified atom stereocenters. The van der Waals surface area contributed by atoms with E-state index in [-0.39, 0.29) is 5.91 Å². The van der Waals surface area contributed by atoms with E-state index in [4.69, 9.17) is 10.5 Å². The Morgan fingerprint density at radius 3 is 2.44 bits per heavy atom. The molecule has 4 heteroatoms. The first-order valence-corrected chi connectivity index (χ1v) is 8.16. The van der Waals surface area contributed by atoms with Crippen molar-refractivity contribution in [3.8, 4) is 11.5 Å². The van der Waals surface area contributed by atoms with Crippen LogP contribution in [0.4, 0.5) is 11.4 Å². The Labute approximate surface area is 147 Å². The second kappa shape index (κ2) is 8.02. The number of benzene rings is 3. The summed E-state index contributed by atoms with van der Waals surface area (Å²) in [5, 5.41) is 2.86. The van der Waals surface area contributed by atoms with Crippen LogP contribution in [0.2, 0.25) is 0 Å². The third-order valence-electron chi connectivity index (χ3n) is 3.69. The molecule has 0 bridgehead atoms. The van der Waals surface area contributed by atoms with Crippen molar-refractivity contribution in [1.29, 1.82) is 0 Å². The minimum absolute atomic E-state index is 0.0417. The lowest BCUT2D eigenvalue weighted by molar-refractivity contribution is -0.116. The van der Waals surface area contributed by atoms with Gasteiger partial charge in [0, 0.05) is 17.8 Å². The second-order valence-electron chi connectivity index (χ2n) is 5.74. The van der Waals surface area contributed by atoms with Crippen LogP contribution in [0.25, 0.3) is 0 Å². The molecule has 3 aromatic carbocycles. The molecule has 3 aromatic rings. The summed E-state index contributed by atoms with van der Waals surface area (Å²) in [5.74, 6) is 1.51. The molecule has 0 aliphatic carbocycles. The quantitative estimate of drug-likeness (QED) is 0.647. The third-order valence-corrected chi connectivity index (χ3v) is 3.69. The third kappa shape index (κ3) is 5.11. The van der Waals surface area contributed by atoms with Gasteiger partial charge in [0.05, 0.1) is 0 Å². The number of hydrogen-bond acceptors (Lipinski definition) is 3. The number of amides is 1. The summed E-state index contributed by atoms with van der Waals surface area (Å²) in [7, 11) is 0. The highest BCUT2D eigenvalue weighted by molar-refractivity contribution is 5.91. The van der Waals surface area contributed by atoms with E-state index in [0.29, 0.717) is 24.2 Å². The minimum atomic E-state index is -0.0417. The van der Waals surface area contributed by atoms with E-state index in [1.54, 1.807) is 12.1 Å².